The summed E-state index contributed by atoms with van der Waals surface area (Å²) in [4.78, 5) is 32.0. The Morgan fingerprint density at radius 3 is 2.57 bits per heavy atom. The second-order valence-electron chi connectivity index (χ2n) is 7.30. The van der Waals surface area contributed by atoms with Gasteiger partial charge in [0.05, 0.1) is 5.69 Å². The first-order chi connectivity index (χ1) is 14.7. The predicted octanol–water partition coefficient (Wildman–Crippen LogP) is 3.74. The number of piperidine rings is 1. The molecule has 0 aromatic carbocycles. The summed E-state index contributed by atoms with van der Waals surface area (Å²) in [6.07, 6.45) is 13.7. The van der Waals surface area contributed by atoms with Crippen LogP contribution in [-0.2, 0) is 4.79 Å². The van der Waals surface area contributed by atoms with Crippen LogP contribution < -0.4 is 5.32 Å². The first-order valence-corrected chi connectivity index (χ1v) is 10.1. The van der Waals surface area contributed by atoms with E-state index in [2.05, 4.69) is 25.3 Å². The van der Waals surface area contributed by atoms with Gasteiger partial charge in [-0.05, 0) is 49.1 Å². The first kappa shape index (κ1) is 19.7. The summed E-state index contributed by atoms with van der Waals surface area (Å²) in [5.74, 6) is 1.79. The molecule has 0 unspecified atom stereocenters. The maximum absolute atomic E-state index is 12.5. The van der Waals surface area contributed by atoms with Crippen LogP contribution in [0.2, 0.25) is 0 Å². The van der Waals surface area contributed by atoms with Crippen molar-refractivity contribution in [1.82, 2.24) is 24.8 Å². The standard InChI is InChI=1S/C23H24N6O/c1-17-4-2-11-26-22(17)28-23-21(25-12-13-27-23)19-8-14-29(15-9-19)20(30)7-6-18-5-3-10-24-16-18/h2-7,10-13,16,19H,8-9,14-15H2,1H3,(H,26,27,28). The van der Waals surface area contributed by atoms with E-state index in [9.17, 15) is 4.79 Å². The minimum absolute atomic E-state index is 0.0268. The van der Waals surface area contributed by atoms with E-state index in [0.29, 0.717) is 13.1 Å². The fourth-order valence-electron chi connectivity index (χ4n) is 3.59. The molecule has 0 atom stereocenters. The fraction of sp³-hybridized carbons (Fsp3) is 0.261. The molecule has 0 spiro atoms. The Labute approximate surface area is 175 Å². The zero-order valence-corrected chi connectivity index (χ0v) is 16.9. The van der Waals surface area contributed by atoms with Gasteiger partial charge in [-0.2, -0.15) is 0 Å². The Morgan fingerprint density at radius 1 is 1.03 bits per heavy atom. The molecule has 7 heteroatoms. The number of hydrogen-bond acceptors (Lipinski definition) is 6. The number of carbonyl (C=O) groups is 1. The quantitative estimate of drug-likeness (QED) is 0.657. The number of carbonyl (C=O) groups excluding carboxylic acids is 1. The average molecular weight is 400 g/mol. The Balaban J connectivity index is 1.40. The summed E-state index contributed by atoms with van der Waals surface area (Å²) in [5, 5.41) is 3.33. The molecular formula is C23H24N6O. The molecule has 0 aliphatic carbocycles. The second-order valence-corrected chi connectivity index (χ2v) is 7.30. The highest BCUT2D eigenvalue weighted by atomic mass is 16.2. The van der Waals surface area contributed by atoms with Crippen molar-refractivity contribution in [2.45, 2.75) is 25.7 Å². The van der Waals surface area contributed by atoms with Crippen LogP contribution in [-0.4, -0.2) is 43.8 Å². The van der Waals surface area contributed by atoms with Crippen molar-refractivity contribution in [1.29, 1.82) is 0 Å². The maximum atomic E-state index is 12.5. The molecule has 3 aromatic heterocycles. The van der Waals surface area contributed by atoms with Gasteiger partial charge in [-0.1, -0.05) is 12.1 Å². The van der Waals surface area contributed by atoms with Crippen molar-refractivity contribution < 1.29 is 4.79 Å². The van der Waals surface area contributed by atoms with Crippen molar-refractivity contribution in [3.63, 3.8) is 0 Å². The zero-order chi connectivity index (χ0) is 20.8. The van der Waals surface area contributed by atoms with E-state index < -0.39 is 0 Å². The van der Waals surface area contributed by atoms with Crippen LogP contribution >= 0.6 is 0 Å². The van der Waals surface area contributed by atoms with Crippen LogP contribution in [0.25, 0.3) is 6.08 Å². The number of nitrogens with zero attached hydrogens (tertiary/aromatic N) is 5. The van der Waals surface area contributed by atoms with Gasteiger partial charge in [-0.15, -0.1) is 0 Å². The number of anilines is 2. The topological polar surface area (TPSA) is 83.9 Å². The van der Waals surface area contributed by atoms with Crippen LogP contribution in [0.5, 0.6) is 0 Å². The molecule has 0 saturated carbocycles. The van der Waals surface area contributed by atoms with E-state index in [-0.39, 0.29) is 11.8 Å². The van der Waals surface area contributed by atoms with Gasteiger partial charge in [0.15, 0.2) is 5.82 Å². The molecule has 1 amide bonds. The normalized spacial score (nSPS) is 14.8. The third-order valence-electron chi connectivity index (χ3n) is 5.27. The van der Waals surface area contributed by atoms with Crippen molar-refractivity contribution >= 4 is 23.6 Å². The molecule has 4 rings (SSSR count). The molecule has 0 radical (unpaired) electrons. The summed E-state index contributed by atoms with van der Waals surface area (Å²) in [6.45, 7) is 3.40. The van der Waals surface area contributed by atoms with Gasteiger partial charge >= 0.3 is 0 Å². The summed E-state index contributed by atoms with van der Waals surface area (Å²) in [5.41, 5.74) is 2.90. The largest absolute Gasteiger partial charge is 0.339 e. The molecule has 152 valence electrons. The number of hydrogen-bond donors (Lipinski definition) is 1. The van der Waals surface area contributed by atoms with Crippen LogP contribution in [0, 0.1) is 6.92 Å². The predicted molar refractivity (Wildman–Crippen MR) is 116 cm³/mol. The minimum atomic E-state index is 0.0268. The van der Waals surface area contributed by atoms with Crippen LogP contribution in [0.15, 0.2) is 61.3 Å². The van der Waals surface area contributed by atoms with E-state index in [0.717, 1.165) is 41.3 Å². The number of nitrogens with one attached hydrogen (secondary N) is 1. The van der Waals surface area contributed by atoms with Crippen molar-refractivity contribution in [3.8, 4) is 0 Å². The molecule has 30 heavy (non-hydrogen) atoms. The smallest absolute Gasteiger partial charge is 0.246 e. The van der Waals surface area contributed by atoms with Gasteiger partial charge in [-0.3, -0.25) is 14.8 Å². The first-order valence-electron chi connectivity index (χ1n) is 10.1. The Morgan fingerprint density at radius 2 is 1.80 bits per heavy atom. The number of rotatable bonds is 5. The lowest BCUT2D eigenvalue weighted by molar-refractivity contribution is -0.126. The van der Waals surface area contributed by atoms with Crippen molar-refractivity contribution in [3.05, 3.63) is 78.1 Å². The molecule has 4 heterocycles. The lowest BCUT2D eigenvalue weighted by Gasteiger charge is -2.31. The lowest BCUT2D eigenvalue weighted by Crippen LogP contribution is -2.37. The van der Waals surface area contributed by atoms with Gasteiger partial charge in [0.2, 0.25) is 5.91 Å². The maximum Gasteiger partial charge on any atom is 0.246 e. The van der Waals surface area contributed by atoms with E-state index in [1.165, 1.54) is 0 Å². The average Bonchev–Trinajstić information content (AvgIpc) is 2.80. The molecule has 7 nitrogen and oxygen atoms in total. The van der Waals surface area contributed by atoms with Gasteiger partial charge in [0.25, 0.3) is 0 Å². The molecule has 1 fully saturated rings. The molecule has 1 aliphatic rings. The van der Waals surface area contributed by atoms with Crippen molar-refractivity contribution in [2.75, 3.05) is 18.4 Å². The van der Waals surface area contributed by atoms with E-state index in [1.54, 1.807) is 43.1 Å². The molecular weight excluding hydrogens is 376 g/mol. The highest BCUT2D eigenvalue weighted by Gasteiger charge is 2.26. The SMILES string of the molecule is Cc1cccnc1Nc1nccnc1C1CCN(C(=O)C=Cc2cccnc2)CC1. The van der Waals surface area contributed by atoms with Gasteiger partial charge in [-0.25, -0.2) is 9.97 Å². The molecule has 3 aromatic rings. The van der Waals surface area contributed by atoms with Crippen LogP contribution in [0.1, 0.15) is 35.6 Å². The molecule has 1 N–H and O–H groups in total. The molecule has 1 saturated heterocycles. The third kappa shape index (κ3) is 4.68. The number of aromatic nitrogens is 4. The summed E-state index contributed by atoms with van der Waals surface area (Å²) in [7, 11) is 0. The van der Waals surface area contributed by atoms with E-state index in [4.69, 9.17) is 0 Å². The van der Waals surface area contributed by atoms with Gasteiger partial charge < -0.3 is 10.2 Å². The number of likely N-dealkylation sites (tertiary alicyclic amines) is 1. The minimum Gasteiger partial charge on any atom is -0.339 e. The van der Waals surface area contributed by atoms with Gasteiger partial charge in [0.1, 0.15) is 5.82 Å². The fourth-order valence-corrected chi connectivity index (χ4v) is 3.59. The van der Waals surface area contributed by atoms with E-state index in [1.807, 2.05) is 36.1 Å². The Bertz CT molecular complexity index is 1030. The van der Waals surface area contributed by atoms with Crippen LogP contribution in [0.4, 0.5) is 11.6 Å². The molecule has 1 aliphatic heterocycles. The highest BCUT2D eigenvalue weighted by Crippen LogP contribution is 2.31. The summed E-state index contributed by atoms with van der Waals surface area (Å²) in [6, 6.07) is 7.70. The summed E-state index contributed by atoms with van der Waals surface area (Å²) >= 11 is 0. The number of pyridine rings is 2. The Hall–Kier alpha value is -3.61. The monoisotopic (exact) mass is 400 g/mol. The number of amides is 1. The second kappa shape index (κ2) is 9.26. The third-order valence-corrected chi connectivity index (χ3v) is 5.27. The van der Waals surface area contributed by atoms with Crippen molar-refractivity contribution in [2.24, 2.45) is 0 Å². The summed E-state index contributed by atoms with van der Waals surface area (Å²) < 4.78 is 0. The molecule has 0 bridgehead atoms. The zero-order valence-electron chi connectivity index (χ0n) is 16.9. The van der Waals surface area contributed by atoms with Gasteiger partial charge in [0, 0.05) is 56.1 Å². The van der Waals surface area contributed by atoms with E-state index >= 15 is 0 Å². The lowest BCUT2D eigenvalue weighted by atomic mass is 9.93. The highest BCUT2D eigenvalue weighted by molar-refractivity contribution is 5.91. The number of aryl methyl sites for hydroxylation is 1. The van der Waals surface area contributed by atoms with Crippen LogP contribution in [0.3, 0.4) is 0 Å². The Kier molecular flexibility index (Phi) is 6.08.